The zero-order valence-electron chi connectivity index (χ0n) is 12.8. The summed E-state index contributed by atoms with van der Waals surface area (Å²) in [6.45, 7) is 9.35. The minimum absolute atomic E-state index is 0.0894. The van der Waals surface area contributed by atoms with Gasteiger partial charge in [-0.1, -0.05) is 50.9 Å². The standard InChI is InChI=1S/C14H21Cl2N3O2/c1-9(2)6-18(7-10(3)4)12(20)8-19-14(21)13(16)11(15)5-17-19/h5,9-10H,6-8H2,1-4H3. The summed E-state index contributed by atoms with van der Waals surface area (Å²) in [5, 5.41) is 3.84. The molecule has 21 heavy (non-hydrogen) atoms. The maximum absolute atomic E-state index is 12.4. The van der Waals surface area contributed by atoms with Crippen LogP contribution in [-0.2, 0) is 11.3 Å². The van der Waals surface area contributed by atoms with Crippen molar-refractivity contribution in [1.29, 1.82) is 0 Å². The normalized spacial score (nSPS) is 11.2. The molecule has 7 heteroatoms. The van der Waals surface area contributed by atoms with E-state index in [9.17, 15) is 9.59 Å². The van der Waals surface area contributed by atoms with Gasteiger partial charge in [-0.25, -0.2) is 4.68 Å². The monoisotopic (exact) mass is 333 g/mol. The molecule has 0 saturated heterocycles. The van der Waals surface area contributed by atoms with E-state index in [1.165, 1.54) is 6.20 Å². The van der Waals surface area contributed by atoms with E-state index >= 15 is 0 Å². The smallest absolute Gasteiger partial charge is 0.287 e. The Labute approximate surface area is 134 Å². The highest BCUT2D eigenvalue weighted by atomic mass is 35.5. The SMILES string of the molecule is CC(C)CN(CC(C)C)C(=O)Cn1ncc(Cl)c(Cl)c1=O. The van der Waals surface area contributed by atoms with Gasteiger partial charge in [0.1, 0.15) is 11.6 Å². The van der Waals surface area contributed by atoms with E-state index in [4.69, 9.17) is 23.2 Å². The number of amides is 1. The number of rotatable bonds is 6. The molecule has 0 radical (unpaired) electrons. The molecular formula is C14H21Cl2N3O2. The van der Waals surface area contributed by atoms with Gasteiger partial charge in [0, 0.05) is 13.1 Å². The lowest BCUT2D eigenvalue weighted by Crippen LogP contribution is -2.41. The second kappa shape index (κ2) is 7.80. The predicted octanol–water partition coefficient (Wildman–Crippen LogP) is 2.69. The Kier molecular flexibility index (Phi) is 6.68. The number of hydrogen-bond donors (Lipinski definition) is 0. The molecule has 1 aromatic rings. The Bertz CT molecular complexity index is 546. The maximum Gasteiger partial charge on any atom is 0.287 e. The van der Waals surface area contributed by atoms with Crippen molar-refractivity contribution in [3.8, 4) is 0 Å². The molecule has 0 spiro atoms. The van der Waals surface area contributed by atoms with E-state index in [0.29, 0.717) is 24.9 Å². The molecule has 0 N–H and O–H groups in total. The molecule has 0 aliphatic heterocycles. The number of aromatic nitrogens is 2. The van der Waals surface area contributed by atoms with Crippen molar-refractivity contribution < 1.29 is 4.79 Å². The lowest BCUT2D eigenvalue weighted by molar-refractivity contribution is -0.133. The predicted molar refractivity (Wildman–Crippen MR) is 84.8 cm³/mol. The van der Waals surface area contributed by atoms with Crippen molar-refractivity contribution in [2.75, 3.05) is 13.1 Å². The number of halogens is 2. The fourth-order valence-electron chi connectivity index (χ4n) is 1.95. The van der Waals surface area contributed by atoms with Crippen LogP contribution in [0.25, 0.3) is 0 Å². The summed E-state index contributed by atoms with van der Waals surface area (Å²) in [5.41, 5.74) is -0.549. The van der Waals surface area contributed by atoms with E-state index in [0.717, 1.165) is 4.68 Å². The molecule has 0 fully saturated rings. The van der Waals surface area contributed by atoms with E-state index < -0.39 is 5.56 Å². The number of hydrogen-bond acceptors (Lipinski definition) is 3. The van der Waals surface area contributed by atoms with E-state index in [1.807, 2.05) is 27.7 Å². The first-order valence-electron chi connectivity index (χ1n) is 6.91. The van der Waals surface area contributed by atoms with Crippen LogP contribution in [0.5, 0.6) is 0 Å². The number of nitrogens with zero attached hydrogens (tertiary/aromatic N) is 3. The summed E-state index contributed by atoms with van der Waals surface area (Å²) in [6.07, 6.45) is 1.27. The third-order valence-corrected chi connectivity index (χ3v) is 3.50. The number of carbonyl (C=O) groups is 1. The van der Waals surface area contributed by atoms with Gasteiger partial charge in [-0.05, 0) is 11.8 Å². The summed E-state index contributed by atoms with van der Waals surface area (Å²) in [4.78, 5) is 26.0. The third kappa shape index (κ3) is 5.32. The topological polar surface area (TPSA) is 55.2 Å². The van der Waals surface area contributed by atoms with Gasteiger partial charge < -0.3 is 4.90 Å². The second-order valence-corrected chi connectivity index (χ2v) is 6.64. The summed E-state index contributed by atoms with van der Waals surface area (Å²) < 4.78 is 1.05. The van der Waals surface area contributed by atoms with Crippen LogP contribution in [0.3, 0.4) is 0 Å². The van der Waals surface area contributed by atoms with Crippen molar-refractivity contribution in [2.24, 2.45) is 11.8 Å². The molecule has 1 aromatic heterocycles. The first-order chi connectivity index (χ1) is 9.72. The van der Waals surface area contributed by atoms with Gasteiger partial charge in [-0.3, -0.25) is 9.59 Å². The molecule has 0 aliphatic rings. The molecule has 0 aliphatic carbocycles. The van der Waals surface area contributed by atoms with E-state index in [-0.39, 0.29) is 22.5 Å². The summed E-state index contributed by atoms with van der Waals surface area (Å²) in [7, 11) is 0. The van der Waals surface area contributed by atoms with Gasteiger partial charge in [0.05, 0.1) is 11.2 Å². The average Bonchev–Trinajstić information content (AvgIpc) is 2.37. The molecule has 1 heterocycles. The van der Waals surface area contributed by atoms with Crippen LogP contribution in [0.1, 0.15) is 27.7 Å². The quantitative estimate of drug-likeness (QED) is 0.804. The fourth-order valence-corrected chi connectivity index (χ4v) is 2.22. The molecular weight excluding hydrogens is 313 g/mol. The van der Waals surface area contributed by atoms with Gasteiger partial charge in [0.25, 0.3) is 5.56 Å². The molecule has 1 rings (SSSR count). The molecule has 118 valence electrons. The Balaban J connectivity index is 2.91. The average molecular weight is 334 g/mol. The van der Waals surface area contributed by atoms with Crippen LogP contribution in [0.15, 0.2) is 11.0 Å². The van der Waals surface area contributed by atoms with Crippen molar-refractivity contribution in [3.63, 3.8) is 0 Å². The lowest BCUT2D eigenvalue weighted by Gasteiger charge is -2.26. The Morgan fingerprint density at radius 2 is 1.76 bits per heavy atom. The van der Waals surface area contributed by atoms with Crippen molar-refractivity contribution in [2.45, 2.75) is 34.2 Å². The van der Waals surface area contributed by atoms with Crippen molar-refractivity contribution in [1.82, 2.24) is 14.7 Å². The van der Waals surface area contributed by atoms with Gasteiger partial charge in [-0.15, -0.1) is 0 Å². The van der Waals surface area contributed by atoms with Crippen LogP contribution >= 0.6 is 23.2 Å². The number of carbonyl (C=O) groups excluding carboxylic acids is 1. The lowest BCUT2D eigenvalue weighted by atomic mass is 10.1. The zero-order valence-corrected chi connectivity index (χ0v) is 14.3. The minimum atomic E-state index is -0.549. The van der Waals surface area contributed by atoms with Crippen LogP contribution in [-0.4, -0.2) is 33.7 Å². The van der Waals surface area contributed by atoms with E-state index in [1.54, 1.807) is 4.90 Å². The molecule has 0 atom stereocenters. The Hall–Kier alpha value is -1.07. The first kappa shape index (κ1) is 18.0. The van der Waals surface area contributed by atoms with Crippen LogP contribution in [0.2, 0.25) is 10.0 Å². The molecule has 0 aromatic carbocycles. The molecule has 0 unspecified atom stereocenters. The van der Waals surface area contributed by atoms with Crippen molar-refractivity contribution >= 4 is 29.1 Å². The molecule has 1 amide bonds. The molecule has 5 nitrogen and oxygen atoms in total. The van der Waals surface area contributed by atoms with E-state index in [2.05, 4.69) is 5.10 Å². The summed E-state index contributed by atoms with van der Waals surface area (Å²) in [6, 6.07) is 0. The first-order valence-corrected chi connectivity index (χ1v) is 7.66. The summed E-state index contributed by atoms with van der Waals surface area (Å²) in [5.74, 6) is 0.558. The largest absolute Gasteiger partial charge is 0.341 e. The molecule has 0 bridgehead atoms. The fraction of sp³-hybridized carbons (Fsp3) is 0.643. The van der Waals surface area contributed by atoms with Crippen LogP contribution in [0.4, 0.5) is 0 Å². The zero-order chi connectivity index (χ0) is 16.2. The maximum atomic E-state index is 12.4. The van der Waals surface area contributed by atoms with Gasteiger partial charge >= 0.3 is 0 Å². The van der Waals surface area contributed by atoms with Gasteiger partial charge in [-0.2, -0.15) is 5.10 Å². The highest BCUT2D eigenvalue weighted by Gasteiger charge is 2.18. The highest BCUT2D eigenvalue weighted by molar-refractivity contribution is 6.41. The third-order valence-electron chi connectivity index (χ3n) is 2.75. The van der Waals surface area contributed by atoms with Crippen molar-refractivity contribution in [3.05, 3.63) is 26.6 Å². The Morgan fingerprint density at radius 3 is 2.24 bits per heavy atom. The van der Waals surface area contributed by atoms with Gasteiger partial charge in [0.15, 0.2) is 0 Å². The molecule has 0 saturated carbocycles. The highest BCUT2D eigenvalue weighted by Crippen LogP contribution is 2.14. The minimum Gasteiger partial charge on any atom is -0.341 e. The van der Waals surface area contributed by atoms with Crippen LogP contribution in [0, 0.1) is 11.8 Å². The second-order valence-electron chi connectivity index (χ2n) is 5.86. The van der Waals surface area contributed by atoms with Gasteiger partial charge in [0.2, 0.25) is 5.91 Å². The Morgan fingerprint density at radius 1 is 1.24 bits per heavy atom. The van der Waals surface area contributed by atoms with Crippen LogP contribution < -0.4 is 5.56 Å². The summed E-state index contributed by atoms with van der Waals surface area (Å²) >= 11 is 11.5.